The van der Waals surface area contributed by atoms with Gasteiger partial charge in [0.05, 0.1) is 17.2 Å². The highest BCUT2D eigenvalue weighted by Gasteiger charge is 2.22. The normalized spacial score (nSPS) is 11.7. The van der Waals surface area contributed by atoms with E-state index in [2.05, 4.69) is 9.82 Å². The average Bonchev–Trinajstić information content (AvgIpc) is 2.48. The molecule has 1 rings (SSSR count). The van der Waals surface area contributed by atoms with Gasteiger partial charge in [0, 0.05) is 20.0 Å². The summed E-state index contributed by atoms with van der Waals surface area (Å²) in [6, 6.07) is 0. The molecule has 1 aromatic rings. The van der Waals surface area contributed by atoms with Crippen LogP contribution in [0.4, 0.5) is 0 Å². The largest absolute Gasteiger partial charge is 0.388 e. The van der Waals surface area contributed by atoms with Crippen LogP contribution in [0, 0.1) is 19.3 Å². The van der Waals surface area contributed by atoms with Crippen LogP contribution in [0.3, 0.4) is 0 Å². The fraction of sp³-hybridized carbons (Fsp3) is 0.600. The molecule has 1 heterocycles. The molecular weight excluding hydrogens is 254 g/mol. The molecule has 0 saturated carbocycles. The Bertz CT molecular complexity index is 547. The van der Waals surface area contributed by atoms with Gasteiger partial charge < -0.3 is 5.73 Å². The SMILES string of the molecule is Cc1nn(C)c(C)c1S(=O)(=O)NCCCC(=N)N. The van der Waals surface area contributed by atoms with Gasteiger partial charge in [-0.25, -0.2) is 13.1 Å². The summed E-state index contributed by atoms with van der Waals surface area (Å²) >= 11 is 0. The van der Waals surface area contributed by atoms with Crippen LogP contribution >= 0.6 is 0 Å². The van der Waals surface area contributed by atoms with Crippen molar-refractivity contribution in [3.63, 3.8) is 0 Å². The van der Waals surface area contributed by atoms with E-state index in [0.29, 0.717) is 24.2 Å². The van der Waals surface area contributed by atoms with Crippen molar-refractivity contribution in [2.75, 3.05) is 6.54 Å². The van der Waals surface area contributed by atoms with Crippen LogP contribution in [0.15, 0.2) is 4.90 Å². The van der Waals surface area contributed by atoms with E-state index in [1.165, 1.54) is 0 Å². The molecule has 0 fully saturated rings. The second-order valence-corrected chi connectivity index (χ2v) is 5.85. The van der Waals surface area contributed by atoms with Gasteiger partial charge in [-0.05, 0) is 20.3 Å². The van der Waals surface area contributed by atoms with Crippen molar-refractivity contribution in [2.24, 2.45) is 12.8 Å². The quantitative estimate of drug-likeness (QED) is 0.385. The molecular formula is C10H19N5O2S. The molecule has 7 nitrogen and oxygen atoms in total. The first-order valence-corrected chi connectivity index (χ1v) is 7.06. The van der Waals surface area contributed by atoms with Gasteiger partial charge in [-0.15, -0.1) is 0 Å². The lowest BCUT2D eigenvalue weighted by Gasteiger charge is -2.06. The zero-order valence-corrected chi connectivity index (χ0v) is 11.6. The maximum Gasteiger partial charge on any atom is 0.244 e. The van der Waals surface area contributed by atoms with Crippen LogP contribution < -0.4 is 10.5 Å². The summed E-state index contributed by atoms with van der Waals surface area (Å²) < 4.78 is 28.2. The summed E-state index contributed by atoms with van der Waals surface area (Å²) in [4.78, 5) is 0.229. The van der Waals surface area contributed by atoms with Crippen molar-refractivity contribution >= 4 is 15.9 Å². The first-order chi connectivity index (χ1) is 8.25. The zero-order chi connectivity index (χ0) is 13.9. The van der Waals surface area contributed by atoms with E-state index in [0.717, 1.165) is 0 Å². The van der Waals surface area contributed by atoms with Crippen LogP contribution in [-0.2, 0) is 17.1 Å². The van der Waals surface area contributed by atoms with Crippen molar-refractivity contribution in [3.8, 4) is 0 Å². The third-order valence-corrected chi connectivity index (χ3v) is 4.34. The summed E-state index contributed by atoms with van der Waals surface area (Å²) in [6.45, 7) is 3.64. The number of sulfonamides is 1. The van der Waals surface area contributed by atoms with E-state index in [4.69, 9.17) is 11.1 Å². The number of nitrogens with two attached hydrogens (primary N) is 1. The monoisotopic (exact) mass is 273 g/mol. The van der Waals surface area contributed by atoms with E-state index in [9.17, 15) is 8.42 Å². The fourth-order valence-corrected chi connectivity index (χ4v) is 3.21. The highest BCUT2D eigenvalue weighted by atomic mass is 32.2. The van der Waals surface area contributed by atoms with Gasteiger partial charge >= 0.3 is 0 Å². The highest BCUT2D eigenvalue weighted by Crippen LogP contribution is 2.17. The molecule has 0 amide bonds. The molecule has 0 radical (unpaired) electrons. The first kappa shape index (κ1) is 14.7. The van der Waals surface area contributed by atoms with E-state index in [1.54, 1.807) is 25.6 Å². The average molecular weight is 273 g/mol. The topological polar surface area (TPSA) is 114 Å². The third-order valence-electron chi connectivity index (χ3n) is 2.63. The van der Waals surface area contributed by atoms with Gasteiger partial charge in [-0.3, -0.25) is 10.1 Å². The van der Waals surface area contributed by atoms with Crippen molar-refractivity contribution in [3.05, 3.63) is 11.4 Å². The Morgan fingerprint density at radius 3 is 2.56 bits per heavy atom. The molecule has 0 aliphatic rings. The van der Waals surface area contributed by atoms with Crippen LogP contribution in [-0.4, -0.2) is 30.6 Å². The second-order valence-electron chi connectivity index (χ2n) is 4.15. The summed E-state index contributed by atoms with van der Waals surface area (Å²) in [5.74, 6) is 0.0583. The molecule has 0 spiro atoms. The Hall–Kier alpha value is -1.41. The van der Waals surface area contributed by atoms with Gasteiger partial charge in [0.2, 0.25) is 10.0 Å². The Labute approximate surface area is 107 Å². The third kappa shape index (κ3) is 3.30. The molecule has 0 atom stereocenters. The van der Waals surface area contributed by atoms with Gasteiger partial charge in [0.25, 0.3) is 0 Å². The van der Waals surface area contributed by atoms with Crippen molar-refractivity contribution in [1.29, 1.82) is 5.41 Å². The molecule has 0 unspecified atom stereocenters. The molecule has 102 valence electrons. The van der Waals surface area contributed by atoms with Crippen LogP contribution in [0.1, 0.15) is 24.2 Å². The summed E-state index contributed by atoms with van der Waals surface area (Å²) in [5.41, 5.74) is 6.28. The number of nitrogens with one attached hydrogen (secondary N) is 2. The van der Waals surface area contributed by atoms with Crippen LogP contribution in [0.5, 0.6) is 0 Å². The number of amidine groups is 1. The maximum absolute atomic E-state index is 12.1. The Morgan fingerprint density at radius 1 is 1.50 bits per heavy atom. The second kappa shape index (κ2) is 5.49. The van der Waals surface area contributed by atoms with Crippen molar-refractivity contribution in [2.45, 2.75) is 31.6 Å². The zero-order valence-electron chi connectivity index (χ0n) is 10.8. The Balaban J connectivity index is 2.78. The van der Waals surface area contributed by atoms with E-state index >= 15 is 0 Å². The molecule has 0 aromatic carbocycles. The Morgan fingerprint density at radius 2 is 2.11 bits per heavy atom. The number of hydrogen-bond donors (Lipinski definition) is 3. The fourth-order valence-electron chi connectivity index (χ4n) is 1.70. The lowest BCUT2D eigenvalue weighted by Crippen LogP contribution is -2.26. The number of hydrogen-bond acceptors (Lipinski definition) is 4. The lowest BCUT2D eigenvalue weighted by atomic mass is 10.3. The predicted molar refractivity (Wildman–Crippen MR) is 69.0 cm³/mol. The molecule has 0 bridgehead atoms. The van der Waals surface area contributed by atoms with Gasteiger partial charge in [0.1, 0.15) is 4.90 Å². The number of aromatic nitrogens is 2. The lowest BCUT2D eigenvalue weighted by molar-refractivity contribution is 0.578. The van der Waals surface area contributed by atoms with Crippen LogP contribution in [0.2, 0.25) is 0 Å². The van der Waals surface area contributed by atoms with E-state index in [-0.39, 0.29) is 17.3 Å². The Kier molecular flexibility index (Phi) is 4.47. The molecule has 8 heteroatoms. The van der Waals surface area contributed by atoms with Crippen molar-refractivity contribution < 1.29 is 8.42 Å². The number of rotatable bonds is 6. The standard InChI is InChI=1S/C10H19N5O2S/c1-7-10(8(2)15(3)14-7)18(16,17)13-6-4-5-9(11)12/h13H,4-6H2,1-3H3,(H3,11,12). The molecule has 0 aliphatic heterocycles. The first-order valence-electron chi connectivity index (χ1n) is 5.58. The smallest absolute Gasteiger partial charge is 0.244 e. The number of nitrogens with zero attached hydrogens (tertiary/aromatic N) is 2. The molecule has 4 N–H and O–H groups in total. The minimum Gasteiger partial charge on any atom is -0.388 e. The molecule has 1 aromatic heterocycles. The summed E-state index contributed by atoms with van der Waals surface area (Å²) in [5, 5.41) is 11.1. The predicted octanol–water partition coefficient (Wildman–Crippen LogP) is 0.0314. The molecule has 18 heavy (non-hydrogen) atoms. The van der Waals surface area contributed by atoms with Crippen molar-refractivity contribution in [1.82, 2.24) is 14.5 Å². The minimum atomic E-state index is -3.54. The summed E-state index contributed by atoms with van der Waals surface area (Å²) in [6.07, 6.45) is 0.889. The molecule has 0 saturated heterocycles. The number of aryl methyl sites for hydroxylation is 2. The van der Waals surface area contributed by atoms with E-state index < -0.39 is 10.0 Å². The maximum atomic E-state index is 12.1. The molecule has 0 aliphatic carbocycles. The van der Waals surface area contributed by atoms with Crippen LogP contribution in [0.25, 0.3) is 0 Å². The van der Waals surface area contributed by atoms with Gasteiger partial charge in [0.15, 0.2) is 0 Å². The highest BCUT2D eigenvalue weighted by molar-refractivity contribution is 7.89. The van der Waals surface area contributed by atoms with Gasteiger partial charge in [-0.2, -0.15) is 5.10 Å². The van der Waals surface area contributed by atoms with Gasteiger partial charge in [-0.1, -0.05) is 0 Å². The van der Waals surface area contributed by atoms with E-state index in [1.807, 2.05) is 0 Å². The minimum absolute atomic E-state index is 0.0583. The summed E-state index contributed by atoms with van der Waals surface area (Å²) in [7, 11) is -1.84.